The van der Waals surface area contributed by atoms with Crippen molar-refractivity contribution in [2.75, 3.05) is 18.4 Å². The second-order valence-electron chi connectivity index (χ2n) is 9.38. The van der Waals surface area contributed by atoms with Crippen molar-refractivity contribution in [3.05, 3.63) is 71.7 Å². The van der Waals surface area contributed by atoms with Gasteiger partial charge < -0.3 is 10.1 Å². The van der Waals surface area contributed by atoms with Gasteiger partial charge in [-0.15, -0.1) is 0 Å². The number of benzene rings is 1. The Labute approximate surface area is 212 Å². The van der Waals surface area contributed by atoms with Crippen LogP contribution in [0.2, 0.25) is 0 Å². The molecule has 1 fully saturated rings. The van der Waals surface area contributed by atoms with E-state index in [0.717, 1.165) is 36.5 Å². The smallest absolute Gasteiger partial charge is 0.373 e. The number of alkyl halides is 3. The van der Waals surface area contributed by atoms with Crippen molar-refractivity contribution in [1.82, 2.24) is 24.8 Å². The maximum absolute atomic E-state index is 13.0. The van der Waals surface area contributed by atoms with Crippen LogP contribution in [0.4, 0.5) is 24.7 Å². The number of aryl methyl sites for hydroxylation is 1. The molecule has 0 amide bonds. The highest BCUT2D eigenvalue weighted by Crippen LogP contribution is 2.31. The van der Waals surface area contributed by atoms with Gasteiger partial charge in [0.2, 0.25) is 0 Å². The number of halogens is 3. The van der Waals surface area contributed by atoms with E-state index in [1.54, 1.807) is 6.20 Å². The van der Waals surface area contributed by atoms with Crippen LogP contribution in [0.25, 0.3) is 22.4 Å². The molecule has 0 radical (unpaired) electrons. The molecule has 2 atom stereocenters. The molecule has 1 aliphatic heterocycles. The Morgan fingerprint density at radius 3 is 2.38 bits per heavy atom. The Hall–Kier alpha value is -3.63. The number of ether oxygens (including phenoxy) is 1. The second-order valence-corrected chi connectivity index (χ2v) is 9.38. The average Bonchev–Trinajstić information content (AvgIpc) is 2.83. The molecule has 3 aromatic heterocycles. The Balaban J connectivity index is 1.54. The van der Waals surface area contributed by atoms with Gasteiger partial charge in [-0.1, -0.05) is 6.07 Å². The fourth-order valence-electron chi connectivity index (χ4n) is 4.60. The van der Waals surface area contributed by atoms with Gasteiger partial charge >= 0.3 is 6.18 Å². The lowest BCUT2D eigenvalue weighted by Gasteiger charge is -2.34. The molecule has 1 aromatic carbocycles. The standard InChI is InChI=1S/C27H27F3N6O/c1-16-5-4-12-31-24(16)22-11-10-21-25(32-20-8-6-19(7-9-20)27(28,29)30)34-23(35-26(21)33-22)15-36-13-17(2)37-18(3)14-36/h4-12,17-18H,13-15H2,1-3H3,(H,32,33,34,35)/t17-,18+. The summed E-state index contributed by atoms with van der Waals surface area (Å²) in [6, 6.07) is 12.4. The molecule has 0 saturated carbocycles. The number of hydrogen-bond donors (Lipinski definition) is 1. The Bertz CT molecular complexity index is 1400. The summed E-state index contributed by atoms with van der Waals surface area (Å²) in [6.07, 6.45) is -2.50. The van der Waals surface area contributed by atoms with Crippen LogP contribution in [0, 0.1) is 6.92 Å². The monoisotopic (exact) mass is 508 g/mol. The quantitative estimate of drug-likeness (QED) is 0.367. The molecule has 192 valence electrons. The third-order valence-electron chi connectivity index (χ3n) is 6.19. The number of anilines is 2. The van der Waals surface area contributed by atoms with E-state index >= 15 is 0 Å². The zero-order valence-electron chi connectivity index (χ0n) is 20.8. The van der Waals surface area contributed by atoms with Crippen molar-refractivity contribution in [1.29, 1.82) is 0 Å². The third-order valence-corrected chi connectivity index (χ3v) is 6.19. The molecule has 0 unspecified atom stereocenters. The zero-order chi connectivity index (χ0) is 26.2. The molecule has 4 aromatic rings. The number of rotatable bonds is 5. The topological polar surface area (TPSA) is 76.1 Å². The highest BCUT2D eigenvalue weighted by molar-refractivity contribution is 5.90. The lowest BCUT2D eigenvalue weighted by molar-refractivity contribution is -0.137. The molecule has 5 rings (SSSR count). The first-order chi connectivity index (χ1) is 17.7. The van der Waals surface area contributed by atoms with Gasteiger partial charge in [-0.25, -0.2) is 15.0 Å². The summed E-state index contributed by atoms with van der Waals surface area (Å²) in [6.45, 7) is 8.01. The molecule has 0 aliphatic carbocycles. The first-order valence-corrected chi connectivity index (χ1v) is 12.1. The van der Waals surface area contributed by atoms with E-state index in [1.807, 2.05) is 45.0 Å². The molecular formula is C27H27F3N6O. The molecule has 1 aliphatic rings. The summed E-state index contributed by atoms with van der Waals surface area (Å²) in [5.74, 6) is 1.04. The van der Waals surface area contributed by atoms with Gasteiger partial charge in [-0.3, -0.25) is 9.88 Å². The van der Waals surface area contributed by atoms with E-state index in [-0.39, 0.29) is 12.2 Å². The van der Waals surface area contributed by atoms with Gasteiger partial charge in [-0.05, 0) is 68.8 Å². The average molecular weight is 509 g/mol. The van der Waals surface area contributed by atoms with Crippen molar-refractivity contribution >= 4 is 22.5 Å². The first-order valence-electron chi connectivity index (χ1n) is 12.1. The summed E-state index contributed by atoms with van der Waals surface area (Å²) in [7, 11) is 0. The summed E-state index contributed by atoms with van der Waals surface area (Å²) in [5, 5.41) is 3.83. The van der Waals surface area contributed by atoms with E-state index in [9.17, 15) is 13.2 Å². The maximum Gasteiger partial charge on any atom is 0.416 e. The van der Waals surface area contributed by atoms with Crippen LogP contribution in [-0.4, -0.2) is 50.1 Å². The number of fused-ring (bicyclic) bond motifs is 1. The normalized spacial score (nSPS) is 18.8. The second kappa shape index (κ2) is 10.0. The zero-order valence-corrected chi connectivity index (χ0v) is 20.8. The fourth-order valence-corrected chi connectivity index (χ4v) is 4.60. The summed E-state index contributed by atoms with van der Waals surface area (Å²) >= 11 is 0. The Morgan fingerprint density at radius 1 is 0.973 bits per heavy atom. The third kappa shape index (κ3) is 5.70. The molecule has 37 heavy (non-hydrogen) atoms. The first kappa shape index (κ1) is 25.0. The van der Waals surface area contributed by atoms with Crippen molar-refractivity contribution in [3.8, 4) is 11.4 Å². The van der Waals surface area contributed by atoms with Crippen molar-refractivity contribution in [2.45, 2.75) is 45.7 Å². The van der Waals surface area contributed by atoms with Gasteiger partial charge in [0.1, 0.15) is 11.6 Å². The van der Waals surface area contributed by atoms with E-state index in [1.165, 1.54) is 12.1 Å². The largest absolute Gasteiger partial charge is 0.416 e. The van der Waals surface area contributed by atoms with Gasteiger partial charge in [-0.2, -0.15) is 13.2 Å². The summed E-state index contributed by atoms with van der Waals surface area (Å²) in [5.41, 5.74) is 2.69. The van der Waals surface area contributed by atoms with Crippen molar-refractivity contribution in [3.63, 3.8) is 0 Å². The minimum Gasteiger partial charge on any atom is -0.373 e. The van der Waals surface area contributed by atoms with Crippen LogP contribution in [-0.2, 0) is 17.5 Å². The summed E-state index contributed by atoms with van der Waals surface area (Å²) in [4.78, 5) is 21.0. The number of nitrogens with zero attached hydrogens (tertiary/aromatic N) is 5. The van der Waals surface area contributed by atoms with Gasteiger partial charge in [0.05, 0.1) is 41.1 Å². The van der Waals surface area contributed by atoms with Crippen LogP contribution in [0.1, 0.15) is 30.8 Å². The number of nitrogens with one attached hydrogen (secondary N) is 1. The predicted octanol–water partition coefficient (Wildman–Crippen LogP) is 5.77. The fraction of sp³-hybridized carbons (Fsp3) is 0.333. The lowest BCUT2D eigenvalue weighted by atomic mass is 10.1. The molecule has 0 bridgehead atoms. The molecule has 1 saturated heterocycles. The Kier molecular flexibility index (Phi) is 6.78. The summed E-state index contributed by atoms with van der Waals surface area (Å²) < 4.78 is 44.9. The van der Waals surface area contributed by atoms with Crippen LogP contribution in [0.3, 0.4) is 0 Å². The van der Waals surface area contributed by atoms with Gasteiger partial charge in [0.25, 0.3) is 0 Å². The molecule has 10 heteroatoms. The van der Waals surface area contributed by atoms with Crippen molar-refractivity contribution < 1.29 is 17.9 Å². The lowest BCUT2D eigenvalue weighted by Crippen LogP contribution is -2.45. The highest BCUT2D eigenvalue weighted by Gasteiger charge is 2.30. The van der Waals surface area contributed by atoms with E-state index in [0.29, 0.717) is 40.6 Å². The highest BCUT2D eigenvalue weighted by atomic mass is 19.4. The van der Waals surface area contributed by atoms with Crippen LogP contribution in [0.15, 0.2) is 54.7 Å². The number of morpholine rings is 1. The minimum absolute atomic E-state index is 0.0887. The van der Waals surface area contributed by atoms with Gasteiger partial charge in [0, 0.05) is 25.0 Å². The SMILES string of the molecule is Cc1cccnc1-c1ccc2c(Nc3ccc(C(F)(F)F)cc3)nc(CN3C[C@@H](C)O[C@@H](C)C3)nc2n1. The predicted molar refractivity (Wildman–Crippen MR) is 135 cm³/mol. The number of pyridine rings is 2. The van der Waals surface area contributed by atoms with Gasteiger partial charge in [0.15, 0.2) is 5.65 Å². The molecule has 0 spiro atoms. The van der Waals surface area contributed by atoms with Crippen LogP contribution >= 0.6 is 0 Å². The van der Waals surface area contributed by atoms with Crippen LogP contribution in [0.5, 0.6) is 0 Å². The van der Waals surface area contributed by atoms with Crippen LogP contribution < -0.4 is 5.32 Å². The maximum atomic E-state index is 13.0. The molecule has 7 nitrogen and oxygen atoms in total. The Morgan fingerprint density at radius 2 is 1.70 bits per heavy atom. The molecule has 1 N–H and O–H groups in total. The molecular weight excluding hydrogens is 481 g/mol. The van der Waals surface area contributed by atoms with Crippen molar-refractivity contribution in [2.24, 2.45) is 0 Å². The number of hydrogen-bond acceptors (Lipinski definition) is 7. The molecule has 4 heterocycles. The van der Waals surface area contributed by atoms with E-state index < -0.39 is 11.7 Å². The minimum atomic E-state index is -4.40. The van der Waals surface area contributed by atoms with E-state index in [2.05, 4.69) is 15.2 Å². The number of aromatic nitrogens is 4. The van der Waals surface area contributed by atoms with E-state index in [4.69, 9.17) is 19.7 Å².